The molecule has 0 bridgehead atoms. The van der Waals surface area contributed by atoms with Gasteiger partial charge in [-0.2, -0.15) is 0 Å². The Labute approximate surface area is 145 Å². The topological polar surface area (TPSA) is 28.7 Å². The Kier molecular flexibility index (Phi) is 2.26. The molecule has 0 saturated heterocycles. The van der Waals surface area contributed by atoms with Crippen LogP contribution in [0, 0.1) is 13.8 Å². The fourth-order valence-electron chi connectivity index (χ4n) is 4.59. The Hall–Kier alpha value is -3.13. The highest BCUT2D eigenvalue weighted by Gasteiger charge is 2.25. The van der Waals surface area contributed by atoms with E-state index in [1.807, 2.05) is 6.20 Å². The van der Waals surface area contributed by atoms with E-state index >= 15 is 0 Å². The SMILES string of the molecule is Cc1ccc2c(c1)[nH]c1cc3c(c(C)c12)-c1ccnc2cccc-3c12. The van der Waals surface area contributed by atoms with Crippen LogP contribution in [0.3, 0.4) is 0 Å². The lowest BCUT2D eigenvalue weighted by Crippen LogP contribution is -1.85. The van der Waals surface area contributed by atoms with Crippen molar-refractivity contribution in [2.75, 3.05) is 0 Å². The fraction of sp³-hybridized carbons (Fsp3) is 0.0870. The van der Waals surface area contributed by atoms with E-state index in [0.29, 0.717) is 0 Å². The highest BCUT2D eigenvalue weighted by Crippen LogP contribution is 2.50. The Morgan fingerprint density at radius 2 is 1.72 bits per heavy atom. The van der Waals surface area contributed by atoms with E-state index in [2.05, 4.69) is 72.3 Å². The van der Waals surface area contributed by atoms with Crippen LogP contribution >= 0.6 is 0 Å². The highest BCUT2D eigenvalue weighted by molar-refractivity contribution is 6.20. The predicted molar refractivity (Wildman–Crippen MR) is 105 cm³/mol. The molecule has 1 aliphatic rings. The third kappa shape index (κ3) is 1.52. The molecular formula is C23H16N2. The zero-order valence-electron chi connectivity index (χ0n) is 14.1. The summed E-state index contributed by atoms with van der Waals surface area (Å²) in [7, 11) is 0. The van der Waals surface area contributed by atoms with Crippen LogP contribution in [0.4, 0.5) is 0 Å². The van der Waals surface area contributed by atoms with Crippen molar-refractivity contribution in [2.24, 2.45) is 0 Å². The van der Waals surface area contributed by atoms with Crippen LogP contribution in [0.25, 0.3) is 55.0 Å². The number of H-pyrrole nitrogens is 1. The van der Waals surface area contributed by atoms with Gasteiger partial charge in [0.25, 0.3) is 0 Å². The summed E-state index contributed by atoms with van der Waals surface area (Å²) in [6, 6.07) is 17.6. The number of benzene rings is 3. The fourth-order valence-corrected chi connectivity index (χ4v) is 4.59. The van der Waals surface area contributed by atoms with Crippen molar-refractivity contribution < 1.29 is 0 Å². The number of aromatic nitrogens is 2. The van der Waals surface area contributed by atoms with Crippen molar-refractivity contribution in [3.05, 3.63) is 65.9 Å². The van der Waals surface area contributed by atoms with Gasteiger partial charge in [0, 0.05) is 33.4 Å². The Bertz CT molecular complexity index is 1350. The molecule has 118 valence electrons. The third-order valence-corrected chi connectivity index (χ3v) is 5.62. The van der Waals surface area contributed by atoms with Gasteiger partial charge in [-0.3, -0.25) is 4.98 Å². The highest BCUT2D eigenvalue weighted by atomic mass is 14.7. The number of rotatable bonds is 0. The average molecular weight is 320 g/mol. The second-order valence-electron chi connectivity index (χ2n) is 7.08. The van der Waals surface area contributed by atoms with Crippen LogP contribution in [0.15, 0.2) is 54.7 Å². The quantitative estimate of drug-likeness (QED) is 0.358. The molecule has 0 saturated carbocycles. The number of fused-ring (bicyclic) bond motifs is 6. The smallest absolute Gasteiger partial charge is 0.0714 e. The summed E-state index contributed by atoms with van der Waals surface area (Å²) in [4.78, 5) is 8.20. The number of pyridine rings is 1. The lowest BCUT2D eigenvalue weighted by molar-refractivity contribution is 1.42. The zero-order chi connectivity index (χ0) is 16.7. The maximum atomic E-state index is 4.56. The normalized spacial score (nSPS) is 12.4. The molecule has 0 radical (unpaired) electrons. The van der Waals surface area contributed by atoms with E-state index in [1.165, 1.54) is 60.6 Å². The van der Waals surface area contributed by atoms with E-state index in [0.717, 1.165) is 5.52 Å². The lowest BCUT2D eigenvalue weighted by Gasteiger charge is -2.08. The second-order valence-corrected chi connectivity index (χ2v) is 7.08. The molecular weight excluding hydrogens is 304 g/mol. The van der Waals surface area contributed by atoms with Crippen LogP contribution in [0.1, 0.15) is 11.1 Å². The van der Waals surface area contributed by atoms with Gasteiger partial charge in [-0.05, 0) is 71.5 Å². The number of nitrogens with one attached hydrogen (secondary N) is 1. The van der Waals surface area contributed by atoms with Crippen molar-refractivity contribution in [3.8, 4) is 22.3 Å². The van der Waals surface area contributed by atoms with Gasteiger partial charge in [0.15, 0.2) is 0 Å². The molecule has 25 heavy (non-hydrogen) atoms. The van der Waals surface area contributed by atoms with Gasteiger partial charge in [-0.1, -0.05) is 24.3 Å². The molecule has 0 atom stereocenters. The second kappa shape index (κ2) is 4.28. The van der Waals surface area contributed by atoms with E-state index in [4.69, 9.17) is 0 Å². The van der Waals surface area contributed by atoms with Crippen LogP contribution in [0.5, 0.6) is 0 Å². The summed E-state index contributed by atoms with van der Waals surface area (Å²) in [5.74, 6) is 0. The molecule has 2 heteroatoms. The Morgan fingerprint density at radius 3 is 2.64 bits per heavy atom. The molecule has 0 aliphatic heterocycles. The first-order valence-corrected chi connectivity index (χ1v) is 8.66. The summed E-state index contributed by atoms with van der Waals surface area (Å²) in [6.07, 6.45) is 1.93. The molecule has 2 aromatic heterocycles. The molecule has 2 nitrogen and oxygen atoms in total. The molecule has 2 heterocycles. The van der Waals surface area contributed by atoms with Gasteiger partial charge in [0.2, 0.25) is 0 Å². The molecule has 1 N–H and O–H groups in total. The van der Waals surface area contributed by atoms with E-state index in [1.54, 1.807) is 0 Å². The minimum absolute atomic E-state index is 1.08. The standard InChI is InChI=1S/C23H16N2/c1-12-6-7-15-19(10-12)25-20-11-17-14-4-3-5-18-23(14)16(8-9-24-18)21(17)13(2)22(15)20/h3-11,25H,1-2H3. The van der Waals surface area contributed by atoms with Crippen molar-refractivity contribution >= 4 is 32.7 Å². The van der Waals surface area contributed by atoms with Gasteiger partial charge in [0.1, 0.15) is 0 Å². The van der Waals surface area contributed by atoms with Gasteiger partial charge < -0.3 is 4.98 Å². The van der Waals surface area contributed by atoms with Gasteiger partial charge in [0.05, 0.1) is 5.52 Å². The Morgan fingerprint density at radius 1 is 0.800 bits per heavy atom. The average Bonchev–Trinajstić information content (AvgIpc) is 3.13. The van der Waals surface area contributed by atoms with Crippen LogP contribution in [-0.4, -0.2) is 9.97 Å². The van der Waals surface area contributed by atoms with Crippen molar-refractivity contribution in [3.63, 3.8) is 0 Å². The maximum Gasteiger partial charge on any atom is 0.0714 e. The molecule has 0 spiro atoms. The number of hydrogen-bond acceptors (Lipinski definition) is 1. The first kappa shape index (κ1) is 13.2. The van der Waals surface area contributed by atoms with Crippen molar-refractivity contribution in [2.45, 2.75) is 13.8 Å². The molecule has 0 amide bonds. The maximum absolute atomic E-state index is 4.56. The number of hydrogen-bond donors (Lipinski definition) is 1. The molecule has 3 aromatic carbocycles. The van der Waals surface area contributed by atoms with Crippen LogP contribution in [-0.2, 0) is 0 Å². The predicted octanol–water partition coefficient (Wildman–Crippen LogP) is 6.13. The number of aryl methyl sites for hydroxylation is 2. The summed E-state index contributed by atoms with van der Waals surface area (Å²) >= 11 is 0. The number of nitrogens with zero attached hydrogens (tertiary/aromatic N) is 1. The lowest BCUT2D eigenvalue weighted by atomic mass is 9.95. The minimum Gasteiger partial charge on any atom is -0.354 e. The molecule has 6 rings (SSSR count). The van der Waals surface area contributed by atoms with Crippen molar-refractivity contribution in [1.82, 2.24) is 9.97 Å². The summed E-state index contributed by atoms with van der Waals surface area (Å²) in [5.41, 5.74) is 11.5. The minimum atomic E-state index is 1.08. The first-order valence-electron chi connectivity index (χ1n) is 8.66. The van der Waals surface area contributed by atoms with Crippen LogP contribution in [0.2, 0.25) is 0 Å². The third-order valence-electron chi connectivity index (χ3n) is 5.62. The summed E-state index contributed by atoms with van der Waals surface area (Å²) in [6.45, 7) is 4.40. The molecule has 0 unspecified atom stereocenters. The molecule has 1 aliphatic carbocycles. The molecule has 0 fully saturated rings. The zero-order valence-corrected chi connectivity index (χ0v) is 14.1. The molecule has 5 aromatic rings. The monoisotopic (exact) mass is 320 g/mol. The van der Waals surface area contributed by atoms with Crippen LogP contribution < -0.4 is 0 Å². The summed E-state index contributed by atoms with van der Waals surface area (Å²) < 4.78 is 0. The summed E-state index contributed by atoms with van der Waals surface area (Å²) in [5, 5.41) is 3.93. The first-order chi connectivity index (χ1) is 12.2. The van der Waals surface area contributed by atoms with Crippen molar-refractivity contribution in [1.29, 1.82) is 0 Å². The van der Waals surface area contributed by atoms with Gasteiger partial charge in [-0.15, -0.1) is 0 Å². The van der Waals surface area contributed by atoms with Gasteiger partial charge in [-0.25, -0.2) is 0 Å². The largest absolute Gasteiger partial charge is 0.354 e. The van der Waals surface area contributed by atoms with E-state index < -0.39 is 0 Å². The number of aromatic amines is 1. The Balaban J connectivity index is 1.85. The van der Waals surface area contributed by atoms with E-state index in [-0.39, 0.29) is 0 Å². The van der Waals surface area contributed by atoms with Gasteiger partial charge >= 0.3 is 0 Å². The van der Waals surface area contributed by atoms with E-state index in [9.17, 15) is 0 Å².